The predicted octanol–water partition coefficient (Wildman–Crippen LogP) is 1.12. The summed E-state index contributed by atoms with van der Waals surface area (Å²) in [6.45, 7) is 3.11. The number of benzene rings is 2. The number of piperidine rings is 1. The Morgan fingerprint density at radius 1 is 1.10 bits per heavy atom. The molecule has 1 amide bonds. The lowest BCUT2D eigenvalue weighted by atomic mass is 9.95. The maximum absolute atomic E-state index is 11.2. The fourth-order valence-electron chi connectivity index (χ4n) is 3.20. The highest BCUT2D eigenvalue weighted by molar-refractivity contribution is 5.85. The van der Waals surface area contributed by atoms with E-state index in [-0.39, 0.29) is 11.8 Å². The molecule has 20 heavy (non-hydrogen) atoms. The molecule has 0 atom stereocenters. The largest absolute Gasteiger partial charge is 0.369 e. The summed E-state index contributed by atoms with van der Waals surface area (Å²) in [4.78, 5) is 12.8. The highest BCUT2D eigenvalue weighted by Gasteiger charge is 2.25. The predicted molar refractivity (Wildman–Crippen MR) is 80.3 cm³/mol. The zero-order chi connectivity index (χ0) is 13.9. The van der Waals surface area contributed by atoms with Gasteiger partial charge in [0.2, 0.25) is 5.91 Å². The van der Waals surface area contributed by atoms with Crippen molar-refractivity contribution in [1.82, 2.24) is 0 Å². The first kappa shape index (κ1) is 13.1. The number of nitrogens with two attached hydrogens (primary N) is 1. The van der Waals surface area contributed by atoms with Crippen molar-refractivity contribution in [3.63, 3.8) is 0 Å². The lowest BCUT2D eigenvalue weighted by Gasteiger charge is -2.28. The summed E-state index contributed by atoms with van der Waals surface area (Å²) in [7, 11) is 0. The zero-order valence-electron chi connectivity index (χ0n) is 11.6. The van der Waals surface area contributed by atoms with Gasteiger partial charge in [-0.25, -0.2) is 0 Å². The van der Waals surface area contributed by atoms with Gasteiger partial charge in [0.25, 0.3) is 0 Å². The van der Waals surface area contributed by atoms with Crippen LogP contribution in [-0.4, -0.2) is 19.0 Å². The van der Waals surface area contributed by atoms with Crippen LogP contribution in [0, 0.1) is 5.92 Å². The second kappa shape index (κ2) is 5.63. The lowest BCUT2D eigenvalue weighted by molar-refractivity contribution is -0.919. The van der Waals surface area contributed by atoms with E-state index in [9.17, 15) is 4.79 Å². The van der Waals surface area contributed by atoms with Gasteiger partial charge in [0, 0.05) is 24.3 Å². The second-order valence-electron chi connectivity index (χ2n) is 5.74. The Labute approximate surface area is 119 Å². The third-order valence-electron chi connectivity index (χ3n) is 4.42. The molecule has 0 spiro atoms. The van der Waals surface area contributed by atoms with Crippen LogP contribution >= 0.6 is 0 Å². The lowest BCUT2D eigenvalue weighted by Crippen LogP contribution is -3.11. The summed E-state index contributed by atoms with van der Waals surface area (Å²) < 4.78 is 0. The number of rotatable bonds is 3. The van der Waals surface area contributed by atoms with Gasteiger partial charge in [-0.3, -0.25) is 4.79 Å². The van der Waals surface area contributed by atoms with Gasteiger partial charge in [-0.05, 0) is 10.8 Å². The highest BCUT2D eigenvalue weighted by atomic mass is 16.1. The van der Waals surface area contributed by atoms with Gasteiger partial charge in [-0.15, -0.1) is 0 Å². The molecule has 104 valence electrons. The van der Waals surface area contributed by atoms with E-state index in [4.69, 9.17) is 5.73 Å². The van der Waals surface area contributed by atoms with Crippen molar-refractivity contribution < 1.29 is 9.69 Å². The molecular formula is C17H21N2O+. The van der Waals surface area contributed by atoms with E-state index in [2.05, 4.69) is 42.5 Å². The van der Waals surface area contributed by atoms with E-state index >= 15 is 0 Å². The number of primary amides is 1. The summed E-state index contributed by atoms with van der Waals surface area (Å²) in [5, 5.41) is 2.65. The van der Waals surface area contributed by atoms with Crippen molar-refractivity contribution in [2.24, 2.45) is 11.7 Å². The third kappa shape index (κ3) is 2.68. The first-order chi connectivity index (χ1) is 9.74. The molecule has 0 aliphatic carbocycles. The molecule has 0 radical (unpaired) electrons. The molecule has 2 aromatic rings. The first-order valence-electron chi connectivity index (χ1n) is 7.33. The summed E-state index contributed by atoms with van der Waals surface area (Å²) >= 11 is 0. The summed E-state index contributed by atoms with van der Waals surface area (Å²) in [6, 6.07) is 15.0. The summed E-state index contributed by atoms with van der Waals surface area (Å²) in [6.07, 6.45) is 1.85. The first-order valence-corrected chi connectivity index (χ1v) is 7.33. The Morgan fingerprint density at radius 2 is 1.80 bits per heavy atom. The average molecular weight is 269 g/mol. The highest BCUT2D eigenvalue weighted by Crippen LogP contribution is 2.18. The van der Waals surface area contributed by atoms with E-state index in [1.54, 1.807) is 4.90 Å². The van der Waals surface area contributed by atoms with E-state index in [0.717, 1.165) is 32.5 Å². The maximum Gasteiger partial charge on any atom is 0.220 e. The van der Waals surface area contributed by atoms with Crippen LogP contribution in [-0.2, 0) is 11.3 Å². The van der Waals surface area contributed by atoms with Gasteiger partial charge >= 0.3 is 0 Å². The Balaban J connectivity index is 1.73. The molecule has 0 saturated carbocycles. The van der Waals surface area contributed by atoms with Crippen LogP contribution < -0.4 is 10.6 Å². The van der Waals surface area contributed by atoms with Crippen LogP contribution in [0.15, 0.2) is 42.5 Å². The molecule has 0 aromatic heterocycles. The molecule has 0 unspecified atom stereocenters. The van der Waals surface area contributed by atoms with Crippen molar-refractivity contribution in [2.45, 2.75) is 19.4 Å². The van der Waals surface area contributed by atoms with E-state index < -0.39 is 0 Å². The molecule has 3 rings (SSSR count). The minimum atomic E-state index is -0.130. The van der Waals surface area contributed by atoms with Gasteiger partial charge in [0.05, 0.1) is 13.1 Å². The van der Waals surface area contributed by atoms with Crippen LogP contribution in [0.25, 0.3) is 10.8 Å². The molecule has 1 saturated heterocycles. The van der Waals surface area contributed by atoms with Gasteiger partial charge in [0.15, 0.2) is 0 Å². The Kier molecular flexibility index (Phi) is 3.70. The fourth-order valence-corrected chi connectivity index (χ4v) is 3.20. The molecule has 0 bridgehead atoms. The SMILES string of the molecule is NC(=O)C1CC[NH+](Cc2cccc3ccccc23)CC1. The van der Waals surface area contributed by atoms with E-state index in [1.165, 1.54) is 16.3 Å². The standard InChI is InChI=1S/C17H20N2O/c18-17(20)14-8-10-19(11-9-14)12-15-6-3-5-13-4-1-2-7-16(13)15/h1-7,14H,8-12H2,(H2,18,20)/p+1. The number of nitrogens with one attached hydrogen (secondary N) is 1. The van der Waals surface area contributed by atoms with Gasteiger partial charge in [-0.1, -0.05) is 42.5 Å². The van der Waals surface area contributed by atoms with Crippen LogP contribution in [0.4, 0.5) is 0 Å². The monoisotopic (exact) mass is 269 g/mol. The molecule has 2 aromatic carbocycles. The minimum absolute atomic E-state index is 0.0891. The van der Waals surface area contributed by atoms with Crippen molar-refractivity contribution in [2.75, 3.05) is 13.1 Å². The van der Waals surface area contributed by atoms with Gasteiger partial charge < -0.3 is 10.6 Å². The molecule has 3 nitrogen and oxygen atoms in total. The van der Waals surface area contributed by atoms with E-state index in [0.29, 0.717) is 0 Å². The van der Waals surface area contributed by atoms with Crippen molar-refractivity contribution in [1.29, 1.82) is 0 Å². The molecule has 1 heterocycles. The molecule has 1 aliphatic rings. The van der Waals surface area contributed by atoms with E-state index in [1.807, 2.05) is 0 Å². The summed E-state index contributed by atoms with van der Waals surface area (Å²) in [5.41, 5.74) is 6.79. The molecule has 1 fully saturated rings. The number of hydrogen-bond donors (Lipinski definition) is 2. The van der Waals surface area contributed by atoms with Crippen LogP contribution in [0.1, 0.15) is 18.4 Å². The molecule has 1 aliphatic heterocycles. The number of hydrogen-bond acceptors (Lipinski definition) is 1. The Bertz CT molecular complexity index is 610. The molecular weight excluding hydrogens is 248 g/mol. The Morgan fingerprint density at radius 3 is 2.55 bits per heavy atom. The minimum Gasteiger partial charge on any atom is -0.369 e. The van der Waals surface area contributed by atoms with Gasteiger partial charge in [-0.2, -0.15) is 0 Å². The summed E-state index contributed by atoms with van der Waals surface area (Å²) in [5.74, 6) is -0.0412. The number of likely N-dealkylation sites (tertiary alicyclic amines) is 1. The smallest absolute Gasteiger partial charge is 0.220 e. The zero-order valence-corrected chi connectivity index (χ0v) is 11.6. The number of amides is 1. The van der Waals surface area contributed by atoms with Crippen molar-refractivity contribution >= 4 is 16.7 Å². The van der Waals surface area contributed by atoms with Crippen LogP contribution in [0.5, 0.6) is 0 Å². The number of carbonyl (C=O) groups excluding carboxylic acids is 1. The van der Waals surface area contributed by atoms with Crippen molar-refractivity contribution in [3.8, 4) is 0 Å². The van der Waals surface area contributed by atoms with Crippen LogP contribution in [0.3, 0.4) is 0 Å². The van der Waals surface area contributed by atoms with Gasteiger partial charge in [0.1, 0.15) is 6.54 Å². The van der Waals surface area contributed by atoms with Crippen molar-refractivity contribution in [3.05, 3.63) is 48.0 Å². The number of carbonyl (C=O) groups is 1. The number of fused-ring (bicyclic) bond motifs is 1. The maximum atomic E-state index is 11.2. The fraction of sp³-hybridized carbons (Fsp3) is 0.353. The third-order valence-corrected chi connectivity index (χ3v) is 4.42. The topological polar surface area (TPSA) is 47.5 Å². The molecule has 3 N–H and O–H groups in total. The second-order valence-corrected chi connectivity index (χ2v) is 5.74. The number of quaternary nitrogens is 1. The Hall–Kier alpha value is -1.87. The average Bonchev–Trinajstić information content (AvgIpc) is 2.48. The quantitative estimate of drug-likeness (QED) is 0.862. The van der Waals surface area contributed by atoms with Crippen LogP contribution in [0.2, 0.25) is 0 Å². The molecule has 3 heteroatoms. The normalized spacial score (nSPS) is 22.8.